The molecule has 9 nitrogen and oxygen atoms in total. The molecule has 0 aliphatic rings. The number of esters is 2. The Labute approximate surface area is 122 Å². The highest BCUT2D eigenvalue weighted by Crippen LogP contribution is 2.33. The van der Waals surface area contributed by atoms with Gasteiger partial charge in [0.15, 0.2) is 0 Å². The molecule has 0 aliphatic carbocycles. The third kappa shape index (κ3) is 12.2. The van der Waals surface area contributed by atoms with Crippen molar-refractivity contribution in [2.75, 3.05) is 46.3 Å². The Bertz CT molecular complexity index is 400. The third-order valence-electron chi connectivity index (χ3n) is 1.95. The predicted molar refractivity (Wildman–Crippen MR) is 70.7 cm³/mol. The Morgan fingerprint density at radius 3 is 2.24 bits per heavy atom. The largest absolute Gasteiger partial charge is 0.466 e. The molecule has 0 radical (unpaired) electrons. The van der Waals surface area contributed by atoms with E-state index in [0.29, 0.717) is 0 Å². The highest BCUT2D eigenvalue weighted by Gasteiger charge is 2.19. The monoisotopic (exact) mass is 326 g/mol. The Morgan fingerprint density at radius 1 is 1.10 bits per heavy atom. The van der Waals surface area contributed by atoms with Crippen LogP contribution in [-0.4, -0.2) is 68.0 Å². The van der Waals surface area contributed by atoms with E-state index < -0.39 is 25.7 Å². The standard InChI is InChI=1S/C11H19O9P/c1-9(11(13)17-2)7-19-4-3-18-5-6-20-10(12)8-21(14,15)16/h1,3-8H2,2H3,(H2,14,15,16). The van der Waals surface area contributed by atoms with Gasteiger partial charge in [-0.15, -0.1) is 0 Å². The highest BCUT2D eigenvalue weighted by molar-refractivity contribution is 7.52. The van der Waals surface area contributed by atoms with Crippen LogP contribution < -0.4 is 0 Å². The first kappa shape index (κ1) is 19.8. The molecule has 0 atom stereocenters. The van der Waals surface area contributed by atoms with Crippen LogP contribution in [0.4, 0.5) is 0 Å². The average Bonchev–Trinajstić information content (AvgIpc) is 2.38. The maximum Gasteiger partial charge on any atom is 0.336 e. The number of rotatable bonds is 11. The Hall–Kier alpha value is -1.25. The summed E-state index contributed by atoms with van der Waals surface area (Å²) in [6, 6.07) is 0. The van der Waals surface area contributed by atoms with E-state index in [1.54, 1.807) is 0 Å². The van der Waals surface area contributed by atoms with Gasteiger partial charge >= 0.3 is 19.5 Å². The van der Waals surface area contributed by atoms with Gasteiger partial charge in [-0.2, -0.15) is 0 Å². The molecule has 21 heavy (non-hydrogen) atoms. The van der Waals surface area contributed by atoms with Gasteiger partial charge in [0.25, 0.3) is 0 Å². The van der Waals surface area contributed by atoms with E-state index in [-0.39, 0.29) is 38.6 Å². The fourth-order valence-corrected chi connectivity index (χ4v) is 1.47. The lowest BCUT2D eigenvalue weighted by atomic mass is 10.3. The van der Waals surface area contributed by atoms with Gasteiger partial charge in [-0.05, 0) is 0 Å². The summed E-state index contributed by atoms with van der Waals surface area (Å²) < 4.78 is 29.6. The number of hydrogen-bond donors (Lipinski definition) is 2. The first-order chi connectivity index (χ1) is 9.76. The number of ether oxygens (including phenoxy) is 4. The van der Waals surface area contributed by atoms with Gasteiger partial charge in [0, 0.05) is 0 Å². The van der Waals surface area contributed by atoms with Crippen LogP contribution in [-0.2, 0) is 33.1 Å². The minimum atomic E-state index is -4.39. The minimum Gasteiger partial charge on any atom is -0.466 e. The topological polar surface area (TPSA) is 129 Å². The number of methoxy groups -OCH3 is 1. The van der Waals surface area contributed by atoms with Crippen molar-refractivity contribution < 1.29 is 42.9 Å². The van der Waals surface area contributed by atoms with Crippen LogP contribution in [0, 0.1) is 0 Å². The molecule has 0 aromatic carbocycles. The quantitative estimate of drug-likeness (QED) is 0.223. The van der Waals surface area contributed by atoms with Crippen LogP contribution in [0.25, 0.3) is 0 Å². The number of carbonyl (C=O) groups is 2. The van der Waals surface area contributed by atoms with Crippen LogP contribution in [0.15, 0.2) is 12.2 Å². The van der Waals surface area contributed by atoms with Gasteiger partial charge in [-0.3, -0.25) is 9.36 Å². The van der Waals surface area contributed by atoms with Crippen molar-refractivity contribution in [3.05, 3.63) is 12.2 Å². The molecule has 0 aromatic heterocycles. The second kappa shape index (κ2) is 10.5. The van der Waals surface area contributed by atoms with Gasteiger partial charge in [-0.25, -0.2) is 4.79 Å². The van der Waals surface area contributed by atoms with Crippen LogP contribution >= 0.6 is 7.60 Å². The molecule has 0 fully saturated rings. The van der Waals surface area contributed by atoms with Gasteiger partial charge in [0.05, 0.1) is 39.1 Å². The maximum absolute atomic E-state index is 10.9. The van der Waals surface area contributed by atoms with E-state index in [9.17, 15) is 14.2 Å². The summed E-state index contributed by atoms with van der Waals surface area (Å²) in [5.74, 6) is -1.54. The summed E-state index contributed by atoms with van der Waals surface area (Å²) in [5, 5.41) is 0. The fraction of sp³-hybridized carbons (Fsp3) is 0.636. The summed E-state index contributed by atoms with van der Waals surface area (Å²) in [7, 11) is -3.15. The van der Waals surface area contributed by atoms with Crippen molar-refractivity contribution in [2.24, 2.45) is 0 Å². The molecular formula is C11H19O9P. The smallest absolute Gasteiger partial charge is 0.336 e. The zero-order valence-corrected chi connectivity index (χ0v) is 12.5. The maximum atomic E-state index is 10.9. The molecule has 122 valence electrons. The zero-order valence-electron chi connectivity index (χ0n) is 11.6. The van der Waals surface area contributed by atoms with E-state index in [1.165, 1.54) is 7.11 Å². The summed E-state index contributed by atoms with van der Waals surface area (Å²) in [4.78, 5) is 38.9. The van der Waals surface area contributed by atoms with Crippen molar-refractivity contribution in [3.8, 4) is 0 Å². The molecule has 0 heterocycles. The number of carbonyl (C=O) groups excluding carboxylic acids is 2. The fourth-order valence-electron chi connectivity index (χ4n) is 1.05. The zero-order chi connectivity index (χ0) is 16.3. The summed E-state index contributed by atoms with van der Waals surface area (Å²) in [6.07, 6.45) is -0.953. The molecule has 0 aromatic rings. The predicted octanol–water partition coefficient (Wildman–Crippen LogP) is -0.530. The lowest BCUT2D eigenvalue weighted by Crippen LogP contribution is -2.16. The molecule has 10 heteroatoms. The van der Waals surface area contributed by atoms with Crippen molar-refractivity contribution in [1.82, 2.24) is 0 Å². The SMILES string of the molecule is C=C(COCCOCCOC(=O)CP(=O)(O)O)C(=O)OC. The summed E-state index contributed by atoms with van der Waals surface area (Å²) >= 11 is 0. The molecule has 0 spiro atoms. The van der Waals surface area contributed by atoms with Crippen LogP contribution in [0.1, 0.15) is 0 Å². The van der Waals surface area contributed by atoms with E-state index in [1.807, 2.05) is 0 Å². The molecule has 0 bridgehead atoms. The lowest BCUT2D eigenvalue weighted by molar-refractivity contribution is -0.142. The molecule has 0 amide bonds. The lowest BCUT2D eigenvalue weighted by Gasteiger charge is -2.08. The summed E-state index contributed by atoms with van der Waals surface area (Å²) in [6.45, 7) is 3.83. The van der Waals surface area contributed by atoms with Crippen molar-refractivity contribution >= 4 is 19.5 Å². The first-order valence-corrected chi connectivity index (χ1v) is 7.68. The molecule has 0 saturated heterocycles. The van der Waals surface area contributed by atoms with E-state index in [4.69, 9.17) is 19.3 Å². The van der Waals surface area contributed by atoms with Crippen molar-refractivity contribution in [1.29, 1.82) is 0 Å². The Kier molecular flexibility index (Phi) is 9.85. The van der Waals surface area contributed by atoms with E-state index in [0.717, 1.165) is 0 Å². The van der Waals surface area contributed by atoms with Crippen molar-refractivity contribution in [3.63, 3.8) is 0 Å². The van der Waals surface area contributed by atoms with Gasteiger partial charge in [-0.1, -0.05) is 6.58 Å². The normalized spacial score (nSPS) is 11.0. The molecule has 2 N–H and O–H groups in total. The third-order valence-corrected chi connectivity index (χ3v) is 2.62. The Morgan fingerprint density at radius 2 is 1.67 bits per heavy atom. The van der Waals surface area contributed by atoms with E-state index >= 15 is 0 Å². The molecule has 0 aliphatic heterocycles. The average molecular weight is 326 g/mol. The van der Waals surface area contributed by atoms with Crippen LogP contribution in [0.2, 0.25) is 0 Å². The van der Waals surface area contributed by atoms with Gasteiger partial charge in [0.2, 0.25) is 0 Å². The van der Waals surface area contributed by atoms with Crippen LogP contribution in [0.3, 0.4) is 0 Å². The first-order valence-electron chi connectivity index (χ1n) is 5.88. The molecule has 0 rings (SSSR count). The molecule has 0 saturated carbocycles. The van der Waals surface area contributed by atoms with Gasteiger partial charge in [0.1, 0.15) is 12.8 Å². The van der Waals surface area contributed by atoms with E-state index in [2.05, 4.69) is 16.1 Å². The second-order valence-electron chi connectivity index (χ2n) is 3.80. The highest BCUT2D eigenvalue weighted by atomic mass is 31.2. The van der Waals surface area contributed by atoms with Crippen molar-refractivity contribution in [2.45, 2.75) is 0 Å². The second-order valence-corrected chi connectivity index (χ2v) is 5.45. The Balaban J connectivity index is 3.45. The minimum absolute atomic E-state index is 0.0211. The number of hydrogen-bond acceptors (Lipinski definition) is 7. The molecular weight excluding hydrogens is 307 g/mol. The molecule has 0 unspecified atom stereocenters. The van der Waals surface area contributed by atoms with Gasteiger partial charge < -0.3 is 28.7 Å². The summed E-state index contributed by atoms with van der Waals surface area (Å²) in [5.41, 5.74) is 0.184. The van der Waals surface area contributed by atoms with Crippen LogP contribution in [0.5, 0.6) is 0 Å².